The van der Waals surface area contributed by atoms with E-state index in [2.05, 4.69) is 204 Å². The molecule has 0 atom stereocenters. The predicted molar refractivity (Wildman–Crippen MR) is 287 cm³/mol. The van der Waals surface area contributed by atoms with E-state index in [-0.39, 0.29) is 23.1 Å². The molecule has 0 N–H and O–H groups in total. The highest BCUT2D eigenvalue weighted by atomic mass is 16.6. The molecule has 0 radical (unpaired) electrons. The second-order valence-corrected chi connectivity index (χ2v) is 21.9. The van der Waals surface area contributed by atoms with Crippen molar-refractivity contribution < 1.29 is 9.47 Å². The average Bonchev–Trinajstić information content (AvgIpc) is 3.60. The van der Waals surface area contributed by atoms with E-state index in [0.29, 0.717) is 5.75 Å². The summed E-state index contributed by atoms with van der Waals surface area (Å²) < 4.78 is 13.8. The Hall–Kier alpha value is -7.50. The number of para-hydroxylation sites is 3. The van der Waals surface area contributed by atoms with Gasteiger partial charge in [0.2, 0.25) is 0 Å². The van der Waals surface area contributed by atoms with Gasteiger partial charge in [0.05, 0.1) is 0 Å². The quantitative estimate of drug-likeness (QED) is 0.165. The fraction of sp³-hybridized carbons (Fsp3) is 0.188. The molecule has 5 heteroatoms. The van der Waals surface area contributed by atoms with Crippen molar-refractivity contribution in [2.75, 3.05) is 9.71 Å². The number of ether oxygens (including phenoxy) is 2. The third-order valence-electron chi connectivity index (χ3n) is 16.6. The van der Waals surface area contributed by atoms with E-state index >= 15 is 0 Å². The zero-order valence-corrected chi connectivity index (χ0v) is 40.4. The Morgan fingerprint density at radius 3 is 1.87 bits per heavy atom. The van der Waals surface area contributed by atoms with Crippen molar-refractivity contribution in [3.63, 3.8) is 0 Å². The van der Waals surface area contributed by atoms with Crippen LogP contribution < -0.4 is 30.1 Å². The third kappa shape index (κ3) is 5.59. The zero-order valence-electron chi connectivity index (χ0n) is 40.4. The van der Waals surface area contributed by atoms with E-state index in [4.69, 9.17) is 9.47 Å². The van der Waals surface area contributed by atoms with Gasteiger partial charge in [-0.3, -0.25) is 0 Å². The zero-order chi connectivity index (χ0) is 46.7. The molecular weight excluding hydrogens is 840 g/mol. The Bertz CT molecular complexity index is 3700. The second-order valence-electron chi connectivity index (χ2n) is 21.9. The standard InChI is InChI=1S/C64H53BN2O2/c1-38-33-47-48(63(4,5)32-31-62(47,2)3)35-51(38)66-52-37-57-56(68-54-27-17-18-28-55(54)69-57)36-49(52)65-60-53(66)34-40-21-11-12-23-42(40)58(60)45-30-29-44-43-24-13-15-25-46(43)64(6,7)59(44)61(45)67(65)50-26-16-14-22-41(50)39-19-9-8-10-20-39/h8-30,33-37H,31-32H2,1-7H3. The molecule has 0 bridgehead atoms. The van der Waals surface area contributed by atoms with Gasteiger partial charge in [-0.25, -0.2) is 0 Å². The van der Waals surface area contributed by atoms with Gasteiger partial charge in [-0.2, -0.15) is 0 Å². The third-order valence-corrected chi connectivity index (χ3v) is 16.6. The van der Waals surface area contributed by atoms with Crippen LogP contribution in [-0.2, 0) is 16.2 Å². The second kappa shape index (κ2) is 14.0. The van der Waals surface area contributed by atoms with Crippen LogP contribution in [0.15, 0.2) is 170 Å². The lowest BCUT2D eigenvalue weighted by Gasteiger charge is -2.49. The summed E-state index contributed by atoms with van der Waals surface area (Å²) >= 11 is 0. The van der Waals surface area contributed by atoms with E-state index in [1.807, 2.05) is 24.3 Å². The van der Waals surface area contributed by atoms with E-state index in [9.17, 15) is 0 Å². The molecular formula is C64H53BN2O2. The van der Waals surface area contributed by atoms with Crippen LogP contribution in [0.5, 0.6) is 23.0 Å². The molecule has 4 nitrogen and oxygen atoms in total. The Morgan fingerprint density at radius 2 is 1.10 bits per heavy atom. The lowest BCUT2D eigenvalue weighted by Crippen LogP contribution is -2.62. The molecule has 5 aliphatic rings. The van der Waals surface area contributed by atoms with Gasteiger partial charge in [0, 0.05) is 51.0 Å². The Kier molecular flexibility index (Phi) is 8.26. The number of nitrogens with zero attached hydrogens (tertiary/aromatic N) is 2. The highest BCUT2D eigenvalue weighted by molar-refractivity contribution is 6.94. The molecule has 0 amide bonds. The predicted octanol–water partition coefficient (Wildman–Crippen LogP) is 16.1. The Labute approximate surface area is 405 Å². The van der Waals surface area contributed by atoms with Crippen LogP contribution >= 0.6 is 0 Å². The molecule has 9 aromatic rings. The fourth-order valence-corrected chi connectivity index (χ4v) is 13.1. The number of aryl methyl sites for hydroxylation is 1. The van der Waals surface area contributed by atoms with Gasteiger partial charge >= 0.3 is 6.85 Å². The molecule has 0 fully saturated rings. The van der Waals surface area contributed by atoms with Gasteiger partial charge in [0.1, 0.15) is 0 Å². The summed E-state index contributed by atoms with van der Waals surface area (Å²) in [6.45, 7) is 16.6. The number of anilines is 5. The minimum atomic E-state index is -0.303. The van der Waals surface area contributed by atoms with Crippen molar-refractivity contribution in [2.24, 2.45) is 0 Å². The van der Waals surface area contributed by atoms with Crippen LogP contribution in [0, 0.1) is 6.92 Å². The first-order valence-electron chi connectivity index (χ1n) is 24.7. The number of fused-ring (bicyclic) bond motifs is 13. The SMILES string of the molecule is Cc1cc2c(cc1N1c3cc4c(cc3B3c5c1cc1ccccc1c5-c1ccc5c(c1N3c1ccccc1-c1ccccc1)C(C)(C)c1ccccc1-5)Oc1ccccc1O4)C(C)(C)CCC2(C)C. The highest BCUT2D eigenvalue weighted by Crippen LogP contribution is 2.60. The first kappa shape index (κ1) is 40.6. The minimum absolute atomic E-state index is 0.00935. The van der Waals surface area contributed by atoms with Crippen molar-refractivity contribution >= 4 is 57.0 Å². The lowest BCUT2D eigenvalue weighted by molar-refractivity contribution is 0.332. The van der Waals surface area contributed by atoms with Crippen LogP contribution in [0.3, 0.4) is 0 Å². The van der Waals surface area contributed by atoms with Crippen molar-refractivity contribution in [3.05, 3.63) is 198 Å². The molecule has 0 aromatic heterocycles. The van der Waals surface area contributed by atoms with Crippen LogP contribution in [0.1, 0.15) is 82.2 Å². The first-order valence-corrected chi connectivity index (χ1v) is 24.7. The summed E-state index contributed by atoms with van der Waals surface area (Å²) in [5.74, 6) is 2.87. The molecule has 0 unspecified atom stereocenters. The molecule has 0 saturated heterocycles. The summed E-state index contributed by atoms with van der Waals surface area (Å²) in [6, 6.07) is 63.2. The van der Waals surface area contributed by atoms with E-state index < -0.39 is 0 Å². The van der Waals surface area contributed by atoms with Crippen LogP contribution in [0.25, 0.3) is 44.2 Å². The Balaban J connectivity index is 1.16. The monoisotopic (exact) mass is 892 g/mol. The molecule has 14 rings (SSSR count). The molecule has 2 aliphatic carbocycles. The highest BCUT2D eigenvalue weighted by Gasteiger charge is 2.51. The maximum Gasteiger partial charge on any atom is 0.333 e. The van der Waals surface area contributed by atoms with Crippen molar-refractivity contribution in [1.82, 2.24) is 0 Å². The van der Waals surface area contributed by atoms with Gasteiger partial charge in [0.15, 0.2) is 23.0 Å². The van der Waals surface area contributed by atoms with Crippen molar-refractivity contribution in [1.29, 1.82) is 0 Å². The average molecular weight is 893 g/mol. The number of hydrogen-bond donors (Lipinski definition) is 0. The molecule has 334 valence electrons. The summed E-state index contributed by atoms with van der Waals surface area (Å²) in [7, 11) is 0. The van der Waals surface area contributed by atoms with Crippen molar-refractivity contribution in [2.45, 2.75) is 77.6 Å². The Morgan fingerprint density at radius 1 is 0.478 bits per heavy atom. The van der Waals surface area contributed by atoms with Crippen LogP contribution in [0.2, 0.25) is 0 Å². The topological polar surface area (TPSA) is 24.9 Å². The summed E-state index contributed by atoms with van der Waals surface area (Å²) in [6.07, 6.45) is 2.29. The maximum absolute atomic E-state index is 6.92. The summed E-state index contributed by atoms with van der Waals surface area (Å²) in [5, 5.41) is 2.47. The summed E-state index contributed by atoms with van der Waals surface area (Å²) in [5.41, 5.74) is 22.5. The smallest absolute Gasteiger partial charge is 0.333 e. The molecule has 69 heavy (non-hydrogen) atoms. The molecule has 3 aliphatic heterocycles. The van der Waals surface area contributed by atoms with Crippen LogP contribution in [0.4, 0.5) is 28.4 Å². The molecule has 0 saturated carbocycles. The minimum Gasteiger partial charge on any atom is -0.450 e. The summed E-state index contributed by atoms with van der Waals surface area (Å²) in [4.78, 5) is 5.32. The van der Waals surface area contributed by atoms with Crippen molar-refractivity contribution in [3.8, 4) is 56.4 Å². The largest absolute Gasteiger partial charge is 0.450 e. The van der Waals surface area contributed by atoms with Gasteiger partial charge in [-0.05, 0) is 139 Å². The van der Waals surface area contributed by atoms with Gasteiger partial charge in [0.25, 0.3) is 0 Å². The number of benzene rings is 9. The van der Waals surface area contributed by atoms with E-state index in [1.54, 1.807) is 0 Å². The van der Waals surface area contributed by atoms with Crippen LogP contribution in [-0.4, -0.2) is 6.85 Å². The lowest BCUT2D eigenvalue weighted by atomic mass is 9.42. The van der Waals surface area contributed by atoms with Gasteiger partial charge < -0.3 is 19.2 Å². The fourth-order valence-electron chi connectivity index (χ4n) is 13.1. The normalized spacial score (nSPS) is 16.7. The number of rotatable bonds is 3. The van der Waals surface area contributed by atoms with E-state index in [0.717, 1.165) is 46.9 Å². The first-order chi connectivity index (χ1) is 33.4. The van der Waals surface area contributed by atoms with E-state index in [1.165, 1.54) is 94.5 Å². The number of hydrogen-bond acceptors (Lipinski definition) is 4. The molecule has 3 heterocycles. The molecule has 0 spiro atoms. The van der Waals surface area contributed by atoms with Gasteiger partial charge in [-0.15, -0.1) is 0 Å². The van der Waals surface area contributed by atoms with Gasteiger partial charge in [-0.1, -0.05) is 169 Å². The molecule has 9 aromatic carbocycles. The maximum atomic E-state index is 6.92.